The minimum Gasteiger partial charge on any atom is -0.367 e. The molecule has 0 amide bonds. The summed E-state index contributed by atoms with van der Waals surface area (Å²) >= 11 is 6.01. The first-order chi connectivity index (χ1) is 16.9. The number of benzene rings is 1. The Morgan fingerprint density at radius 1 is 1.06 bits per heavy atom. The summed E-state index contributed by atoms with van der Waals surface area (Å²) in [6, 6.07) is 5.05. The zero-order valence-electron chi connectivity index (χ0n) is 19.7. The molecule has 2 aliphatic rings. The van der Waals surface area contributed by atoms with Crippen molar-refractivity contribution in [3.8, 4) is 11.3 Å². The number of halogens is 2. The third kappa shape index (κ3) is 4.23. The molecule has 1 aromatic carbocycles. The normalized spacial score (nSPS) is 20.5. The Morgan fingerprint density at radius 3 is 2.63 bits per heavy atom. The monoisotopic (exact) mass is 493 g/mol. The van der Waals surface area contributed by atoms with Crippen LogP contribution in [0.1, 0.15) is 48.9 Å². The Bertz CT molecular complexity index is 1440. The highest BCUT2D eigenvalue weighted by Crippen LogP contribution is 2.36. The molecule has 10 heteroatoms. The van der Waals surface area contributed by atoms with Crippen molar-refractivity contribution >= 4 is 28.7 Å². The van der Waals surface area contributed by atoms with Crippen LogP contribution in [0.5, 0.6) is 0 Å². The predicted molar refractivity (Wildman–Crippen MR) is 131 cm³/mol. The third-order valence-electron chi connectivity index (χ3n) is 6.57. The average molecular weight is 494 g/mol. The van der Waals surface area contributed by atoms with Crippen LogP contribution in [0.4, 0.5) is 10.3 Å². The fourth-order valence-electron chi connectivity index (χ4n) is 4.47. The molecule has 4 heterocycles. The summed E-state index contributed by atoms with van der Waals surface area (Å²) < 4.78 is 23.3. The molecule has 0 radical (unpaired) electrons. The zero-order chi connectivity index (χ0) is 24.3. The molecule has 8 nitrogen and oxygen atoms in total. The number of anilines is 1. The lowest BCUT2D eigenvalue weighted by molar-refractivity contribution is -0.0178. The Labute approximate surface area is 207 Å². The van der Waals surface area contributed by atoms with Crippen molar-refractivity contribution in [2.75, 3.05) is 18.0 Å². The van der Waals surface area contributed by atoms with E-state index in [0.29, 0.717) is 52.5 Å². The van der Waals surface area contributed by atoms with Gasteiger partial charge in [-0.2, -0.15) is 10.1 Å². The largest absolute Gasteiger partial charge is 0.367 e. The van der Waals surface area contributed by atoms with Gasteiger partial charge in [0.15, 0.2) is 5.65 Å². The van der Waals surface area contributed by atoms with Crippen molar-refractivity contribution in [3.05, 3.63) is 58.4 Å². The van der Waals surface area contributed by atoms with E-state index in [0.717, 1.165) is 17.0 Å². The lowest BCUT2D eigenvalue weighted by atomic mass is 10.1. The number of aromatic nitrogens is 6. The SMILES string of the molecule is Cc1nc2nc(N3CC(C)OC(c4cnn(C5CC5)c4)C3)nc(-c3ccc(Cl)cc3F)c2nc1C. The third-order valence-corrected chi connectivity index (χ3v) is 6.81. The second-order valence-corrected chi connectivity index (χ2v) is 9.82. The van der Waals surface area contributed by atoms with Crippen molar-refractivity contribution < 1.29 is 9.13 Å². The van der Waals surface area contributed by atoms with E-state index in [1.807, 2.05) is 31.6 Å². The van der Waals surface area contributed by atoms with E-state index < -0.39 is 5.82 Å². The van der Waals surface area contributed by atoms with Crippen molar-refractivity contribution in [2.24, 2.45) is 0 Å². The van der Waals surface area contributed by atoms with Crippen LogP contribution in [0, 0.1) is 19.7 Å². The molecule has 1 aliphatic carbocycles. The Hall–Kier alpha value is -3.17. The van der Waals surface area contributed by atoms with Gasteiger partial charge in [0.05, 0.1) is 36.3 Å². The van der Waals surface area contributed by atoms with Gasteiger partial charge in [-0.1, -0.05) is 11.6 Å². The maximum Gasteiger partial charge on any atom is 0.228 e. The van der Waals surface area contributed by atoms with Gasteiger partial charge in [-0.15, -0.1) is 0 Å². The molecule has 180 valence electrons. The van der Waals surface area contributed by atoms with E-state index >= 15 is 0 Å². The van der Waals surface area contributed by atoms with E-state index in [9.17, 15) is 4.39 Å². The average Bonchev–Trinajstić information content (AvgIpc) is 3.55. The molecule has 4 aromatic rings. The van der Waals surface area contributed by atoms with Crippen LogP contribution in [0.25, 0.3) is 22.4 Å². The Balaban J connectivity index is 1.43. The number of hydrogen-bond donors (Lipinski definition) is 0. The van der Waals surface area contributed by atoms with Crippen LogP contribution in [-0.4, -0.2) is 48.9 Å². The highest BCUT2D eigenvalue weighted by molar-refractivity contribution is 6.30. The van der Waals surface area contributed by atoms with E-state index in [1.54, 1.807) is 12.1 Å². The van der Waals surface area contributed by atoms with Crippen LogP contribution in [0.2, 0.25) is 5.02 Å². The van der Waals surface area contributed by atoms with Crippen molar-refractivity contribution in [3.63, 3.8) is 0 Å². The smallest absolute Gasteiger partial charge is 0.228 e. The molecular weight excluding hydrogens is 469 g/mol. The van der Waals surface area contributed by atoms with E-state index in [2.05, 4.69) is 26.2 Å². The van der Waals surface area contributed by atoms with Crippen molar-refractivity contribution in [1.29, 1.82) is 0 Å². The maximum atomic E-state index is 15.0. The number of morpholine rings is 1. The van der Waals surface area contributed by atoms with Gasteiger partial charge < -0.3 is 9.64 Å². The van der Waals surface area contributed by atoms with Crippen molar-refractivity contribution in [2.45, 2.75) is 51.9 Å². The van der Waals surface area contributed by atoms with Crippen LogP contribution < -0.4 is 4.90 Å². The summed E-state index contributed by atoms with van der Waals surface area (Å²) in [6.07, 6.45) is 6.07. The topological polar surface area (TPSA) is 81.9 Å². The summed E-state index contributed by atoms with van der Waals surface area (Å²) in [5.41, 5.74) is 4.14. The fraction of sp³-hybridized carbons (Fsp3) is 0.400. The molecule has 2 unspecified atom stereocenters. The van der Waals surface area contributed by atoms with Crippen LogP contribution >= 0.6 is 11.6 Å². The molecule has 0 bridgehead atoms. The molecule has 2 atom stereocenters. The van der Waals surface area contributed by atoms with Gasteiger partial charge in [-0.3, -0.25) is 4.68 Å². The summed E-state index contributed by atoms with van der Waals surface area (Å²) in [5.74, 6) is -0.00155. The fourth-order valence-corrected chi connectivity index (χ4v) is 4.63. The molecule has 2 fully saturated rings. The number of aryl methyl sites for hydroxylation is 2. The van der Waals surface area contributed by atoms with E-state index in [4.69, 9.17) is 26.3 Å². The number of ether oxygens (including phenoxy) is 1. The number of hydrogen-bond acceptors (Lipinski definition) is 7. The summed E-state index contributed by atoms with van der Waals surface area (Å²) in [7, 11) is 0. The summed E-state index contributed by atoms with van der Waals surface area (Å²) in [4.78, 5) is 21.0. The Morgan fingerprint density at radius 2 is 1.86 bits per heavy atom. The highest BCUT2D eigenvalue weighted by atomic mass is 35.5. The van der Waals surface area contributed by atoms with Gasteiger partial charge in [0.2, 0.25) is 5.95 Å². The first kappa shape index (κ1) is 22.3. The first-order valence-corrected chi connectivity index (χ1v) is 12.2. The van der Waals surface area contributed by atoms with Gasteiger partial charge in [-0.05, 0) is 51.8 Å². The zero-order valence-corrected chi connectivity index (χ0v) is 20.5. The molecular formula is C25H25ClFN7O. The molecule has 0 N–H and O–H groups in total. The van der Waals surface area contributed by atoms with Gasteiger partial charge in [0.1, 0.15) is 23.1 Å². The van der Waals surface area contributed by atoms with Crippen LogP contribution in [0.15, 0.2) is 30.6 Å². The van der Waals surface area contributed by atoms with E-state index in [1.165, 1.54) is 18.9 Å². The quantitative estimate of drug-likeness (QED) is 0.396. The predicted octanol–water partition coefficient (Wildman–Crippen LogP) is 4.99. The Kier molecular flexibility index (Phi) is 5.41. The van der Waals surface area contributed by atoms with Crippen LogP contribution in [0.3, 0.4) is 0 Å². The maximum absolute atomic E-state index is 15.0. The number of rotatable bonds is 4. The standard InChI is InChI=1S/C25H25ClFN7O/c1-13-10-33(12-21(35-13)16-9-28-34(11-16)18-5-6-18)25-31-22(19-7-4-17(26)8-20(19)27)23-24(32-25)30-15(3)14(2)29-23/h4,7-9,11,13,18,21H,5-6,10,12H2,1-3H3. The van der Waals surface area contributed by atoms with Gasteiger partial charge in [0.25, 0.3) is 0 Å². The second-order valence-electron chi connectivity index (χ2n) is 9.39. The first-order valence-electron chi connectivity index (χ1n) is 11.8. The number of fused-ring (bicyclic) bond motifs is 1. The second kappa shape index (κ2) is 8.49. The molecule has 0 spiro atoms. The van der Waals surface area contributed by atoms with Gasteiger partial charge in [-0.25, -0.2) is 19.3 Å². The molecule has 3 aromatic heterocycles. The lowest BCUT2D eigenvalue weighted by Crippen LogP contribution is -2.43. The summed E-state index contributed by atoms with van der Waals surface area (Å²) in [5, 5.41) is 4.84. The van der Waals surface area contributed by atoms with Crippen LogP contribution in [-0.2, 0) is 4.74 Å². The molecule has 6 rings (SSSR count). The summed E-state index contributed by atoms with van der Waals surface area (Å²) in [6.45, 7) is 6.93. The number of nitrogens with zero attached hydrogens (tertiary/aromatic N) is 7. The molecule has 35 heavy (non-hydrogen) atoms. The van der Waals surface area contributed by atoms with Crippen molar-refractivity contribution in [1.82, 2.24) is 29.7 Å². The minimum atomic E-state index is -0.468. The molecule has 1 saturated heterocycles. The van der Waals surface area contributed by atoms with Gasteiger partial charge in [0, 0.05) is 28.9 Å². The minimum absolute atomic E-state index is 0.0566. The van der Waals surface area contributed by atoms with E-state index in [-0.39, 0.29) is 12.2 Å². The highest BCUT2D eigenvalue weighted by Gasteiger charge is 2.32. The van der Waals surface area contributed by atoms with Gasteiger partial charge >= 0.3 is 0 Å². The molecule has 1 aliphatic heterocycles. The molecule has 1 saturated carbocycles. The lowest BCUT2D eigenvalue weighted by Gasteiger charge is -2.36.